The van der Waals surface area contributed by atoms with Crippen LogP contribution in [0.5, 0.6) is 11.5 Å². The number of halogens is 4. The molecule has 0 N–H and O–H groups in total. The number of ether oxygens (including phenoxy) is 2. The van der Waals surface area contributed by atoms with E-state index in [2.05, 4.69) is 16.6 Å². The molecule has 0 aliphatic heterocycles. The molecular weight excluding hydrogens is 482 g/mol. The fraction of sp³-hybridized carbons (Fsp3) is 0.300. The zero-order valence-corrected chi connectivity index (χ0v) is 20.7. The highest BCUT2D eigenvalue weighted by molar-refractivity contribution is 5.88. The Bertz CT molecular complexity index is 1330. The molecule has 194 valence electrons. The number of nitrogens with zero attached hydrogens (tertiary/aromatic N) is 1. The number of rotatable bonds is 12. The van der Waals surface area contributed by atoms with E-state index in [0.717, 1.165) is 47.4 Å². The highest BCUT2D eigenvalue weighted by atomic mass is 19.3. The average molecular weight is 512 g/mol. The predicted molar refractivity (Wildman–Crippen MR) is 137 cm³/mol. The highest BCUT2D eigenvalue weighted by Gasteiger charge is 2.13. The van der Waals surface area contributed by atoms with E-state index >= 15 is 4.39 Å². The molecule has 0 fully saturated rings. The number of unbranched alkanes of at least 4 members (excludes halogenated alkanes) is 3. The van der Waals surface area contributed by atoms with E-state index in [1.54, 1.807) is 18.3 Å². The third kappa shape index (κ3) is 7.00. The second-order valence-electron chi connectivity index (χ2n) is 8.91. The fourth-order valence-electron chi connectivity index (χ4n) is 4.22. The molecule has 0 aliphatic carbocycles. The Kier molecular flexibility index (Phi) is 8.99. The number of benzene rings is 3. The molecule has 4 rings (SSSR count). The summed E-state index contributed by atoms with van der Waals surface area (Å²) in [5.41, 5.74) is 2.70. The summed E-state index contributed by atoms with van der Waals surface area (Å²) in [6, 6.07) is 16.6. The van der Waals surface area contributed by atoms with Crippen LogP contribution in [0.1, 0.15) is 43.7 Å². The number of aryl methyl sites for hydroxylation is 2. The molecule has 0 aliphatic rings. The van der Waals surface area contributed by atoms with E-state index in [1.807, 2.05) is 30.3 Å². The molecule has 0 saturated heterocycles. The molecule has 4 aromatic rings. The van der Waals surface area contributed by atoms with Gasteiger partial charge in [0.25, 0.3) is 0 Å². The van der Waals surface area contributed by atoms with Crippen molar-refractivity contribution in [2.45, 2.75) is 52.1 Å². The van der Waals surface area contributed by atoms with Crippen LogP contribution in [0.15, 0.2) is 66.9 Å². The fourth-order valence-corrected chi connectivity index (χ4v) is 4.22. The summed E-state index contributed by atoms with van der Waals surface area (Å²) in [6.07, 6.45) is 6.96. The van der Waals surface area contributed by atoms with Gasteiger partial charge in [-0.25, -0.2) is 8.78 Å². The number of pyridine rings is 1. The van der Waals surface area contributed by atoms with Crippen molar-refractivity contribution in [3.05, 3.63) is 89.6 Å². The largest absolute Gasteiger partial charge is 0.492 e. The topological polar surface area (TPSA) is 31.4 Å². The summed E-state index contributed by atoms with van der Waals surface area (Å²) >= 11 is 0. The monoisotopic (exact) mass is 511 g/mol. The molecule has 0 spiro atoms. The Morgan fingerprint density at radius 1 is 0.865 bits per heavy atom. The Hall–Kier alpha value is -3.61. The Labute approximate surface area is 214 Å². The summed E-state index contributed by atoms with van der Waals surface area (Å²) < 4.78 is 63.7. The lowest BCUT2D eigenvalue weighted by Gasteiger charge is -2.10. The molecule has 0 amide bonds. The zero-order valence-electron chi connectivity index (χ0n) is 20.7. The number of hydrogen-bond donors (Lipinski definition) is 0. The van der Waals surface area contributed by atoms with E-state index in [0.29, 0.717) is 36.0 Å². The normalized spacial score (nSPS) is 11.3. The van der Waals surface area contributed by atoms with E-state index < -0.39 is 18.2 Å². The maximum Gasteiger partial charge on any atom is 0.387 e. The average Bonchev–Trinajstić information content (AvgIpc) is 2.89. The first kappa shape index (κ1) is 26.5. The van der Waals surface area contributed by atoms with Gasteiger partial charge in [-0.05, 0) is 66.1 Å². The molecule has 0 saturated carbocycles. The lowest BCUT2D eigenvalue weighted by Crippen LogP contribution is -2.04. The molecule has 0 unspecified atom stereocenters. The zero-order chi connectivity index (χ0) is 26.2. The Morgan fingerprint density at radius 3 is 2.46 bits per heavy atom. The first-order valence-electron chi connectivity index (χ1n) is 12.5. The van der Waals surface area contributed by atoms with Crippen molar-refractivity contribution < 1.29 is 27.0 Å². The van der Waals surface area contributed by atoms with Crippen molar-refractivity contribution in [2.75, 3.05) is 6.61 Å². The standard InChI is InChI=1S/C30H29F4NO2/c1-2-3-4-5-16-36-24-12-14-27(35-19-24)23-11-13-25-22(18-23)10-9-21(29(25)32)8-6-20-7-15-28(26(31)17-20)37-30(33)34/h7,9-15,17-19,30H,2-6,8,16H2,1H3. The van der Waals surface area contributed by atoms with Crippen molar-refractivity contribution in [3.63, 3.8) is 0 Å². The second-order valence-corrected chi connectivity index (χ2v) is 8.91. The first-order chi connectivity index (χ1) is 17.9. The van der Waals surface area contributed by atoms with Crippen LogP contribution >= 0.6 is 0 Å². The van der Waals surface area contributed by atoms with Gasteiger partial charge in [0, 0.05) is 10.9 Å². The Balaban J connectivity index is 1.42. The van der Waals surface area contributed by atoms with E-state index in [4.69, 9.17) is 4.74 Å². The van der Waals surface area contributed by atoms with Crippen LogP contribution in [0, 0.1) is 11.6 Å². The van der Waals surface area contributed by atoms with Crippen molar-refractivity contribution in [2.24, 2.45) is 0 Å². The summed E-state index contributed by atoms with van der Waals surface area (Å²) in [5, 5.41) is 1.23. The molecule has 0 radical (unpaired) electrons. The number of hydrogen-bond acceptors (Lipinski definition) is 3. The van der Waals surface area contributed by atoms with Gasteiger partial charge in [-0.3, -0.25) is 4.98 Å². The SMILES string of the molecule is CCCCCCOc1ccc(-c2ccc3c(F)c(CCc4ccc(OC(F)F)c(F)c4)ccc3c2)nc1. The predicted octanol–water partition coefficient (Wildman–Crippen LogP) is 8.53. The molecule has 7 heteroatoms. The third-order valence-electron chi connectivity index (χ3n) is 6.23. The Morgan fingerprint density at radius 2 is 1.73 bits per heavy atom. The van der Waals surface area contributed by atoms with Crippen LogP contribution in [-0.4, -0.2) is 18.2 Å². The maximum absolute atomic E-state index is 15.2. The highest BCUT2D eigenvalue weighted by Crippen LogP contribution is 2.28. The lowest BCUT2D eigenvalue weighted by atomic mass is 9.98. The van der Waals surface area contributed by atoms with E-state index in [1.165, 1.54) is 18.9 Å². The van der Waals surface area contributed by atoms with Gasteiger partial charge in [0.1, 0.15) is 11.6 Å². The minimum absolute atomic E-state index is 0.332. The van der Waals surface area contributed by atoms with Gasteiger partial charge in [-0.15, -0.1) is 0 Å². The summed E-state index contributed by atoms with van der Waals surface area (Å²) in [5.74, 6) is -0.982. The number of fused-ring (bicyclic) bond motifs is 1. The van der Waals surface area contributed by atoms with Gasteiger partial charge in [-0.2, -0.15) is 8.78 Å². The molecule has 3 aromatic carbocycles. The van der Waals surface area contributed by atoms with Gasteiger partial charge in [-0.1, -0.05) is 56.5 Å². The molecule has 37 heavy (non-hydrogen) atoms. The summed E-state index contributed by atoms with van der Waals surface area (Å²) in [7, 11) is 0. The maximum atomic E-state index is 15.2. The van der Waals surface area contributed by atoms with Crippen LogP contribution in [-0.2, 0) is 12.8 Å². The van der Waals surface area contributed by atoms with Crippen LogP contribution in [0.3, 0.4) is 0 Å². The molecule has 1 aromatic heterocycles. The summed E-state index contributed by atoms with van der Waals surface area (Å²) in [4.78, 5) is 4.50. The summed E-state index contributed by atoms with van der Waals surface area (Å²) in [6.45, 7) is -0.248. The minimum Gasteiger partial charge on any atom is -0.492 e. The minimum atomic E-state index is -3.10. The van der Waals surface area contributed by atoms with E-state index in [-0.39, 0.29) is 5.82 Å². The van der Waals surface area contributed by atoms with Crippen LogP contribution in [0.2, 0.25) is 0 Å². The molecule has 0 atom stereocenters. The lowest BCUT2D eigenvalue weighted by molar-refractivity contribution is -0.0522. The second kappa shape index (κ2) is 12.6. The molecule has 3 nitrogen and oxygen atoms in total. The van der Waals surface area contributed by atoms with Crippen molar-refractivity contribution in [1.82, 2.24) is 4.98 Å². The van der Waals surface area contributed by atoms with E-state index in [9.17, 15) is 13.2 Å². The molecular formula is C30H29F4NO2. The van der Waals surface area contributed by atoms with Gasteiger partial charge >= 0.3 is 6.61 Å². The smallest absolute Gasteiger partial charge is 0.387 e. The van der Waals surface area contributed by atoms with Gasteiger partial charge in [0.15, 0.2) is 11.6 Å². The molecule has 1 heterocycles. The third-order valence-corrected chi connectivity index (χ3v) is 6.23. The number of aromatic nitrogens is 1. The quantitative estimate of drug-likeness (QED) is 0.141. The van der Waals surface area contributed by atoms with Crippen molar-refractivity contribution in [1.29, 1.82) is 0 Å². The van der Waals surface area contributed by atoms with Gasteiger partial charge < -0.3 is 9.47 Å². The van der Waals surface area contributed by atoms with Crippen LogP contribution in [0.4, 0.5) is 17.6 Å². The van der Waals surface area contributed by atoms with Crippen molar-refractivity contribution >= 4 is 10.8 Å². The first-order valence-corrected chi connectivity index (χ1v) is 12.5. The van der Waals surface area contributed by atoms with Crippen LogP contribution < -0.4 is 9.47 Å². The van der Waals surface area contributed by atoms with Gasteiger partial charge in [0.05, 0.1) is 18.5 Å². The van der Waals surface area contributed by atoms with Crippen molar-refractivity contribution in [3.8, 4) is 22.8 Å². The van der Waals surface area contributed by atoms with Gasteiger partial charge in [0.2, 0.25) is 0 Å². The van der Waals surface area contributed by atoms with Crippen LogP contribution in [0.25, 0.3) is 22.0 Å². The molecule has 0 bridgehead atoms. The number of alkyl halides is 2.